The molecule has 1 N–H and O–H groups in total. The Kier molecular flexibility index (Phi) is 8.64. The van der Waals surface area contributed by atoms with Gasteiger partial charge in [0, 0.05) is 25.2 Å². The van der Waals surface area contributed by atoms with Crippen LogP contribution in [0.25, 0.3) is 0 Å². The standard InChI is InChI=1S/C23H28N2O6S/c26-22(18-31-23(27)13-8-16-30-20-10-3-1-4-11-20)24-19-9-7-12-21(17-19)32(28,29)25-14-5-2-6-15-25/h1,3-4,7,9-12,17H,2,5-6,8,13-16,18H2,(H,24,26). The van der Waals surface area contributed by atoms with Gasteiger partial charge in [-0.05, 0) is 49.6 Å². The van der Waals surface area contributed by atoms with Crippen molar-refractivity contribution in [2.45, 2.75) is 37.0 Å². The number of carbonyl (C=O) groups excluding carboxylic acids is 2. The van der Waals surface area contributed by atoms with Crippen molar-refractivity contribution in [3.63, 3.8) is 0 Å². The lowest BCUT2D eigenvalue weighted by Gasteiger charge is -2.26. The number of carbonyl (C=O) groups is 2. The number of amides is 1. The maximum Gasteiger partial charge on any atom is 0.306 e. The molecule has 1 amide bonds. The Morgan fingerprint density at radius 3 is 2.47 bits per heavy atom. The van der Waals surface area contributed by atoms with Crippen molar-refractivity contribution in [1.82, 2.24) is 4.31 Å². The number of ether oxygens (including phenoxy) is 2. The smallest absolute Gasteiger partial charge is 0.306 e. The van der Waals surface area contributed by atoms with Crippen LogP contribution in [0.4, 0.5) is 5.69 Å². The molecule has 172 valence electrons. The Morgan fingerprint density at radius 2 is 1.72 bits per heavy atom. The predicted octanol–water partition coefficient (Wildman–Crippen LogP) is 3.20. The predicted molar refractivity (Wildman–Crippen MR) is 120 cm³/mol. The molecule has 2 aromatic rings. The maximum atomic E-state index is 12.8. The molecule has 0 aliphatic carbocycles. The van der Waals surface area contributed by atoms with Gasteiger partial charge in [-0.3, -0.25) is 9.59 Å². The monoisotopic (exact) mass is 460 g/mol. The summed E-state index contributed by atoms with van der Waals surface area (Å²) >= 11 is 0. The van der Waals surface area contributed by atoms with E-state index < -0.39 is 28.5 Å². The summed E-state index contributed by atoms with van der Waals surface area (Å²) in [4.78, 5) is 24.1. The summed E-state index contributed by atoms with van der Waals surface area (Å²) in [6.45, 7) is 0.932. The molecule has 1 aliphatic heterocycles. The van der Waals surface area contributed by atoms with E-state index in [9.17, 15) is 18.0 Å². The van der Waals surface area contributed by atoms with E-state index in [1.165, 1.54) is 16.4 Å². The molecule has 0 unspecified atom stereocenters. The number of nitrogens with zero attached hydrogens (tertiary/aromatic N) is 1. The maximum absolute atomic E-state index is 12.8. The molecule has 3 rings (SSSR count). The van der Waals surface area contributed by atoms with Gasteiger partial charge in [0.25, 0.3) is 5.91 Å². The molecule has 0 bridgehead atoms. The molecular weight excluding hydrogens is 432 g/mol. The third-order valence-electron chi connectivity index (χ3n) is 4.97. The number of hydrogen-bond donors (Lipinski definition) is 1. The van der Waals surface area contributed by atoms with E-state index in [0.29, 0.717) is 31.8 Å². The van der Waals surface area contributed by atoms with Crippen LogP contribution in [0.5, 0.6) is 5.75 Å². The first-order chi connectivity index (χ1) is 15.4. The van der Waals surface area contributed by atoms with Gasteiger partial charge in [-0.2, -0.15) is 4.31 Å². The molecule has 9 heteroatoms. The minimum atomic E-state index is -3.59. The third kappa shape index (κ3) is 7.06. The fraction of sp³-hybridized carbons (Fsp3) is 0.391. The minimum Gasteiger partial charge on any atom is -0.494 e. The van der Waals surface area contributed by atoms with E-state index in [4.69, 9.17) is 9.47 Å². The summed E-state index contributed by atoms with van der Waals surface area (Å²) in [5, 5.41) is 2.58. The van der Waals surface area contributed by atoms with Crippen LogP contribution in [0.15, 0.2) is 59.5 Å². The summed E-state index contributed by atoms with van der Waals surface area (Å²) in [5.74, 6) is -0.311. The van der Waals surface area contributed by atoms with Crippen molar-refractivity contribution in [2.24, 2.45) is 0 Å². The van der Waals surface area contributed by atoms with Gasteiger partial charge in [0.1, 0.15) is 5.75 Å². The number of para-hydroxylation sites is 1. The molecule has 32 heavy (non-hydrogen) atoms. The fourth-order valence-electron chi connectivity index (χ4n) is 3.33. The number of nitrogens with one attached hydrogen (secondary N) is 1. The molecule has 1 fully saturated rings. The van der Waals surface area contributed by atoms with Gasteiger partial charge < -0.3 is 14.8 Å². The van der Waals surface area contributed by atoms with Crippen molar-refractivity contribution in [1.29, 1.82) is 0 Å². The molecule has 0 aromatic heterocycles. The summed E-state index contributed by atoms with van der Waals surface area (Å²) in [6.07, 6.45) is 3.31. The van der Waals surface area contributed by atoms with Gasteiger partial charge in [0.2, 0.25) is 10.0 Å². The Bertz CT molecular complexity index is 1000. The number of esters is 1. The average molecular weight is 461 g/mol. The second kappa shape index (κ2) is 11.6. The number of hydrogen-bond acceptors (Lipinski definition) is 6. The number of rotatable bonds is 10. The van der Waals surface area contributed by atoms with Crippen LogP contribution in [-0.4, -0.2) is 50.9 Å². The normalized spacial score (nSPS) is 14.5. The summed E-state index contributed by atoms with van der Waals surface area (Å²) in [7, 11) is -3.59. The van der Waals surface area contributed by atoms with E-state index >= 15 is 0 Å². The quantitative estimate of drug-likeness (QED) is 0.432. The van der Waals surface area contributed by atoms with Gasteiger partial charge in [-0.1, -0.05) is 30.7 Å². The Labute approximate surface area is 188 Å². The van der Waals surface area contributed by atoms with Crippen LogP contribution >= 0.6 is 0 Å². The number of benzene rings is 2. The molecular formula is C23H28N2O6S. The van der Waals surface area contributed by atoms with Crippen molar-refractivity contribution in [2.75, 3.05) is 31.6 Å². The highest BCUT2D eigenvalue weighted by atomic mass is 32.2. The Hall–Kier alpha value is -2.91. The van der Waals surface area contributed by atoms with Crippen LogP contribution in [-0.2, 0) is 24.3 Å². The van der Waals surface area contributed by atoms with Gasteiger partial charge in [-0.25, -0.2) is 8.42 Å². The fourth-order valence-corrected chi connectivity index (χ4v) is 4.89. The minimum absolute atomic E-state index is 0.129. The van der Waals surface area contributed by atoms with Crippen molar-refractivity contribution in [3.8, 4) is 5.75 Å². The summed E-state index contributed by atoms with van der Waals surface area (Å²) in [5.41, 5.74) is 0.334. The van der Waals surface area contributed by atoms with Gasteiger partial charge >= 0.3 is 5.97 Å². The Balaban J connectivity index is 1.41. The summed E-state index contributed by atoms with van der Waals surface area (Å²) < 4.78 is 37.5. The second-order valence-corrected chi connectivity index (χ2v) is 9.40. The lowest BCUT2D eigenvalue weighted by molar-refractivity contribution is -0.147. The van der Waals surface area contributed by atoms with Crippen molar-refractivity contribution < 1.29 is 27.5 Å². The van der Waals surface area contributed by atoms with E-state index in [-0.39, 0.29) is 11.3 Å². The average Bonchev–Trinajstić information content (AvgIpc) is 2.82. The number of anilines is 1. The highest BCUT2D eigenvalue weighted by molar-refractivity contribution is 7.89. The highest BCUT2D eigenvalue weighted by Crippen LogP contribution is 2.22. The first kappa shape index (κ1) is 23.7. The first-order valence-electron chi connectivity index (χ1n) is 10.7. The molecule has 0 radical (unpaired) electrons. The zero-order chi connectivity index (χ0) is 22.8. The van der Waals surface area contributed by atoms with Crippen molar-refractivity contribution in [3.05, 3.63) is 54.6 Å². The number of piperidine rings is 1. The third-order valence-corrected chi connectivity index (χ3v) is 6.87. The Morgan fingerprint density at radius 1 is 0.969 bits per heavy atom. The first-order valence-corrected chi connectivity index (χ1v) is 12.1. The molecule has 0 spiro atoms. The summed E-state index contributed by atoms with van der Waals surface area (Å²) in [6, 6.07) is 15.4. The zero-order valence-electron chi connectivity index (χ0n) is 17.9. The van der Waals surface area contributed by atoms with Crippen LogP contribution in [0.3, 0.4) is 0 Å². The number of sulfonamides is 1. The zero-order valence-corrected chi connectivity index (χ0v) is 18.7. The molecule has 1 saturated heterocycles. The van der Waals surface area contributed by atoms with Gasteiger partial charge in [-0.15, -0.1) is 0 Å². The van der Waals surface area contributed by atoms with Crippen LogP contribution in [0.2, 0.25) is 0 Å². The van der Waals surface area contributed by atoms with E-state index in [2.05, 4.69) is 5.32 Å². The molecule has 2 aromatic carbocycles. The van der Waals surface area contributed by atoms with Crippen LogP contribution < -0.4 is 10.1 Å². The molecule has 8 nitrogen and oxygen atoms in total. The molecule has 1 aliphatic rings. The molecule has 0 saturated carbocycles. The molecule has 1 heterocycles. The lowest BCUT2D eigenvalue weighted by atomic mass is 10.2. The van der Waals surface area contributed by atoms with Crippen LogP contribution in [0.1, 0.15) is 32.1 Å². The second-order valence-electron chi connectivity index (χ2n) is 7.47. The van der Waals surface area contributed by atoms with E-state index in [0.717, 1.165) is 25.0 Å². The van der Waals surface area contributed by atoms with Crippen LogP contribution in [0, 0.1) is 0 Å². The van der Waals surface area contributed by atoms with E-state index in [1.54, 1.807) is 12.1 Å². The SMILES string of the molecule is O=C(COC(=O)CCCOc1ccccc1)Nc1cccc(S(=O)(=O)N2CCCCC2)c1. The highest BCUT2D eigenvalue weighted by Gasteiger charge is 2.26. The van der Waals surface area contributed by atoms with E-state index in [1.807, 2.05) is 30.3 Å². The lowest BCUT2D eigenvalue weighted by Crippen LogP contribution is -2.35. The largest absolute Gasteiger partial charge is 0.494 e. The van der Waals surface area contributed by atoms with Gasteiger partial charge in [0.05, 0.1) is 11.5 Å². The van der Waals surface area contributed by atoms with Crippen molar-refractivity contribution >= 4 is 27.6 Å². The van der Waals surface area contributed by atoms with Gasteiger partial charge in [0.15, 0.2) is 6.61 Å². The molecule has 0 atom stereocenters. The topological polar surface area (TPSA) is 102 Å².